The number of nitrogens with zero attached hydrogens (tertiary/aromatic N) is 8. The van der Waals surface area contributed by atoms with E-state index in [4.69, 9.17) is 47.9 Å². The van der Waals surface area contributed by atoms with Gasteiger partial charge < -0.3 is 53.2 Å². The van der Waals surface area contributed by atoms with Crippen LogP contribution < -0.4 is 37.7 Å². The van der Waals surface area contributed by atoms with Crippen molar-refractivity contribution in [3.8, 4) is 0 Å². The van der Waals surface area contributed by atoms with Crippen LogP contribution in [0, 0.1) is 5.41 Å². The predicted octanol–water partition coefficient (Wildman–Crippen LogP) is 8.01. The van der Waals surface area contributed by atoms with E-state index in [2.05, 4.69) is 71.6 Å². The van der Waals surface area contributed by atoms with Gasteiger partial charge in [0.05, 0.1) is 76.9 Å². The summed E-state index contributed by atoms with van der Waals surface area (Å²) in [5, 5.41) is 4.98. The fourth-order valence-corrected chi connectivity index (χ4v) is 14.7. The monoisotopic (exact) mass is 1820 g/mol. The van der Waals surface area contributed by atoms with Crippen molar-refractivity contribution in [1.29, 1.82) is 0 Å². The van der Waals surface area contributed by atoms with Gasteiger partial charge in [0.15, 0.2) is 0 Å². The van der Waals surface area contributed by atoms with Gasteiger partial charge in [0.1, 0.15) is 56.5 Å². The average Bonchev–Trinajstić information content (AvgIpc) is 1.60. The molecule has 728 valence electrons. The molecule has 0 aliphatic carbocycles. The van der Waals surface area contributed by atoms with Crippen molar-refractivity contribution in [2.75, 3.05) is 118 Å². The third-order valence-corrected chi connectivity index (χ3v) is 19.9. The van der Waals surface area contributed by atoms with Gasteiger partial charge in [-0.15, -0.1) is 0 Å². The summed E-state index contributed by atoms with van der Waals surface area (Å²) in [6.45, 7) is 50.8. The molecule has 3 aliphatic heterocycles. The first kappa shape index (κ1) is 111. The Labute approximate surface area is 769 Å². The lowest BCUT2D eigenvalue weighted by Gasteiger charge is -2.30. The van der Waals surface area contributed by atoms with Gasteiger partial charge in [0.2, 0.25) is 11.8 Å². The maximum absolute atomic E-state index is 14.4. The highest BCUT2D eigenvalue weighted by Crippen LogP contribution is 2.44. The zero-order chi connectivity index (χ0) is 98.2. The Morgan fingerprint density at radius 1 is 0.377 bits per heavy atom. The molecule has 0 radical (unpaired) electrons. The number of aryl methyl sites for hydroxylation is 1. The fraction of sp³-hybridized carbons (Fsp3) is 0.684. The number of esters is 8. The highest BCUT2D eigenvalue weighted by atomic mass is 16.6. The Bertz CT molecular complexity index is 4390. The molecule has 1 unspecified atom stereocenters. The van der Waals surface area contributed by atoms with Crippen LogP contribution in [0.2, 0.25) is 0 Å². The van der Waals surface area contributed by atoms with E-state index in [1.165, 1.54) is 0 Å². The Hall–Kier alpha value is -9.94. The van der Waals surface area contributed by atoms with Crippen LogP contribution in [0.5, 0.6) is 0 Å². The van der Waals surface area contributed by atoms with Gasteiger partial charge in [-0.2, -0.15) is 0 Å². The minimum absolute atomic E-state index is 0.0189. The first-order valence-electron chi connectivity index (χ1n) is 45.3. The van der Waals surface area contributed by atoms with Crippen LogP contribution in [0.3, 0.4) is 0 Å². The number of aromatic amines is 2. The van der Waals surface area contributed by atoms with Crippen LogP contribution >= 0.6 is 0 Å². The van der Waals surface area contributed by atoms with Gasteiger partial charge in [0.25, 0.3) is 11.8 Å². The quantitative estimate of drug-likeness (QED) is 0.0188. The molecule has 4 amide bonds. The number of hydrogen-bond acceptors (Lipinski definition) is 29. The van der Waals surface area contributed by atoms with Crippen LogP contribution in [0.25, 0.3) is 12.2 Å². The SMILES string of the molecule is CCC1=C2/C=C3N=C(/C=c4\[nH]/c(cc4CCC(=O)NNC(=O)CN(CCN(CC(=O)OC(C)(C)C)CC(=O)OC(C)(C)C)CCN(CC(=O)OC(C)(C)C)CC(=O)OC(C)(C)C)=C\c4[nH]c(c(CC)c4CC)/N=C(\N2)C1(C)CC)C(CCC(=O)NNC(=O)CN(CCN(CC(=O)OC(C)(C)C)CC(=O)OC(C)(C)C)CCN(CC(=O)OC(C)(C)C)CC(=O)OC(C)(C)C)=C\3C. The summed E-state index contributed by atoms with van der Waals surface area (Å²) in [6.07, 6.45) is 8.60. The summed E-state index contributed by atoms with van der Waals surface area (Å²) >= 11 is 0. The van der Waals surface area contributed by atoms with E-state index in [0.717, 1.165) is 51.7 Å². The van der Waals surface area contributed by atoms with Crippen LogP contribution in [-0.4, -0.2) is 285 Å². The second kappa shape index (κ2) is 47.4. The first-order chi connectivity index (χ1) is 59.8. The minimum Gasteiger partial charge on any atom is -0.459 e. The summed E-state index contributed by atoms with van der Waals surface area (Å²) in [7, 11) is 0. The maximum Gasteiger partial charge on any atom is 0.320 e. The molecule has 35 nitrogen and oxygen atoms in total. The lowest BCUT2D eigenvalue weighted by molar-refractivity contribution is -0.162. The predicted molar refractivity (Wildman–Crippen MR) is 497 cm³/mol. The molecule has 5 rings (SSSR count). The molecule has 1 atom stereocenters. The van der Waals surface area contributed by atoms with Gasteiger partial charge in [-0.25, -0.2) is 9.98 Å². The van der Waals surface area contributed by atoms with Crippen molar-refractivity contribution in [2.24, 2.45) is 15.4 Å². The largest absolute Gasteiger partial charge is 0.459 e. The molecule has 0 saturated heterocycles. The average molecular weight is 1830 g/mol. The molecule has 0 saturated carbocycles. The van der Waals surface area contributed by atoms with E-state index in [1.54, 1.807) is 196 Å². The van der Waals surface area contributed by atoms with Crippen molar-refractivity contribution in [3.63, 3.8) is 0 Å². The number of amidine groups is 1. The van der Waals surface area contributed by atoms with Crippen molar-refractivity contribution in [1.82, 2.24) is 66.4 Å². The molecular weight excluding hydrogens is 1670 g/mol. The summed E-state index contributed by atoms with van der Waals surface area (Å²) in [4.78, 5) is 192. The third-order valence-electron chi connectivity index (χ3n) is 19.9. The zero-order valence-electron chi connectivity index (χ0n) is 83.4. The highest BCUT2D eigenvalue weighted by Gasteiger charge is 2.42. The number of amides is 4. The summed E-state index contributed by atoms with van der Waals surface area (Å²) < 4.78 is 45.2. The molecular formula is C95H153N15O20. The van der Waals surface area contributed by atoms with Gasteiger partial charge in [-0.1, -0.05) is 27.7 Å². The second-order valence-corrected chi connectivity index (χ2v) is 41.4. The standard InChI is InChI=1S/C95H153N15O20/c1-31-64-65(32-2)85-98-70(64)48-63-47-62(35-37-73(111)101-103-75(113)51-105(39-43-107(53-77(115)123-87(6,7)8)54-78(116)124-88(9,10)11)40-44-108(55-79(117)125-89(12,13)14)56-80(118)126-90(15,16)17)69(96-63)50-71-66(61(5)68(97-71)49-72-67(33-3)95(30,34-4)86(99-72)100-85)36-38-74(112)102-104-76(114)52-106(41-45-109(57-81(119)127-91(18,19)20)58-82(120)128-92(21,22)23)42-46-110(59-83(121)129-93(24,25)26)60-84(122)130-94(27,28)29/h47-50,96,98H,31-46,51-60H2,1-30H3,(H,99,100)(H,101,111)(H,102,112)(H,103,113)(H,104,114)/b63-48-,68-49-,69-50-. The van der Waals surface area contributed by atoms with E-state index >= 15 is 0 Å². The number of H-pyrrole nitrogens is 2. The second-order valence-electron chi connectivity index (χ2n) is 41.4. The molecule has 35 heteroatoms. The Morgan fingerprint density at radius 2 is 0.692 bits per heavy atom. The first-order valence-corrected chi connectivity index (χ1v) is 45.3. The van der Waals surface area contributed by atoms with E-state index in [9.17, 15) is 57.5 Å². The molecule has 7 N–H and O–H groups in total. The van der Waals surface area contributed by atoms with E-state index in [0.29, 0.717) is 52.5 Å². The van der Waals surface area contributed by atoms with E-state index < -0.39 is 122 Å². The van der Waals surface area contributed by atoms with Crippen molar-refractivity contribution in [3.05, 3.63) is 73.3 Å². The Balaban J connectivity index is 1.54. The topological polar surface area (TPSA) is 415 Å². The number of aromatic nitrogens is 2. The Kier molecular flexibility index (Phi) is 40.3. The van der Waals surface area contributed by atoms with Gasteiger partial charge in [-0.05, 0) is 276 Å². The molecule has 0 aromatic carbocycles. The fourth-order valence-electron chi connectivity index (χ4n) is 14.7. The number of hydrazine groups is 2. The van der Waals surface area contributed by atoms with Crippen LogP contribution in [0.1, 0.15) is 262 Å². The smallest absolute Gasteiger partial charge is 0.320 e. The maximum atomic E-state index is 14.4. The van der Waals surface area contributed by atoms with Crippen LogP contribution in [0.4, 0.5) is 5.82 Å². The summed E-state index contributed by atoms with van der Waals surface area (Å²) in [5.41, 5.74) is 11.2. The van der Waals surface area contributed by atoms with Gasteiger partial charge >= 0.3 is 47.8 Å². The summed E-state index contributed by atoms with van der Waals surface area (Å²) in [6, 6.07) is 1.94. The number of fused-ring (bicyclic) bond motifs is 7. The Morgan fingerprint density at radius 3 is 1.00 bits per heavy atom. The molecule has 2 aromatic heterocycles. The van der Waals surface area contributed by atoms with Crippen molar-refractivity contribution >= 4 is 101 Å². The number of rotatable bonds is 42. The number of carbonyl (C=O) groups excluding carboxylic acids is 12. The molecule has 0 spiro atoms. The van der Waals surface area contributed by atoms with E-state index in [-0.39, 0.29) is 143 Å². The van der Waals surface area contributed by atoms with Crippen molar-refractivity contribution < 1.29 is 95.4 Å². The molecule has 5 heterocycles. The number of carbonyl (C=O) groups is 12. The van der Waals surface area contributed by atoms with Gasteiger partial charge in [0, 0.05) is 92.7 Å². The third kappa shape index (κ3) is 40.8. The molecule has 2 aromatic rings. The van der Waals surface area contributed by atoms with Crippen LogP contribution in [-0.2, 0) is 115 Å². The number of ether oxygens (including phenoxy) is 8. The number of hydrogen-bond donors (Lipinski definition) is 7. The lowest BCUT2D eigenvalue weighted by Crippen LogP contribution is -2.50. The van der Waals surface area contributed by atoms with Crippen LogP contribution in [0.15, 0.2) is 50.2 Å². The number of allylic oxidation sites excluding steroid dienone is 3. The molecule has 0 fully saturated rings. The highest BCUT2D eigenvalue weighted by molar-refractivity contribution is 6.23. The molecule has 3 aliphatic rings. The lowest BCUT2D eigenvalue weighted by atomic mass is 9.78. The zero-order valence-corrected chi connectivity index (χ0v) is 83.4. The van der Waals surface area contributed by atoms with Crippen molar-refractivity contribution in [2.45, 2.75) is 304 Å². The molecule has 130 heavy (non-hydrogen) atoms. The summed E-state index contributed by atoms with van der Waals surface area (Å²) in [5.74, 6) is -5.84. The van der Waals surface area contributed by atoms with Gasteiger partial charge in [-0.3, -0.25) is 109 Å². The minimum atomic E-state index is -0.856. The number of nitrogens with one attached hydrogen (secondary N) is 7. The van der Waals surface area contributed by atoms with E-state index in [1.807, 2.05) is 31.2 Å². The molecule has 8 bridgehead atoms. The number of aliphatic imine (C=N–C) groups is 2. The normalized spacial score (nSPS) is 16.5.